The molecule has 0 spiro atoms. The van der Waals surface area contributed by atoms with Crippen molar-refractivity contribution in [3.05, 3.63) is 32.9 Å². The fourth-order valence-corrected chi connectivity index (χ4v) is 1.59. The van der Waals surface area contributed by atoms with Crippen LogP contribution in [0.25, 0.3) is 0 Å². The van der Waals surface area contributed by atoms with Crippen molar-refractivity contribution in [2.45, 2.75) is 12.8 Å². The molecular weight excluding hydrogens is 308 g/mol. The standard InChI is InChI=1S/C9H8F3IO/c1-14-5-6-2-3-7(13)4-8(6)9(10,11)12/h2-4H,5H2,1H3. The van der Waals surface area contributed by atoms with Crippen LogP contribution in [0.2, 0.25) is 0 Å². The zero-order valence-electron chi connectivity index (χ0n) is 7.36. The highest BCUT2D eigenvalue weighted by atomic mass is 127. The molecule has 1 nitrogen and oxygen atoms in total. The summed E-state index contributed by atoms with van der Waals surface area (Å²) in [5, 5.41) is 0. The van der Waals surface area contributed by atoms with Gasteiger partial charge in [-0.1, -0.05) is 6.07 Å². The molecule has 1 rings (SSSR count). The highest BCUT2D eigenvalue weighted by molar-refractivity contribution is 14.1. The summed E-state index contributed by atoms with van der Waals surface area (Å²) in [5.74, 6) is 0. The minimum absolute atomic E-state index is 0.0221. The number of alkyl halides is 3. The molecule has 0 aliphatic heterocycles. The summed E-state index contributed by atoms with van der Waals surface area (Å²) < 4.78 is 42.7. The van der Waals surface area contributed by atoms with Crippen LogP contribution < -0.4 is 0 Å². The number of ether oxygens (including phenoxy) is 1. The molecule has 78 valence electrons. The molecule has 0 atom stereocenters. The third kappa shape index (κ3) is 2.84. The summed E-state index contributed by atoms with van der Waals surface area (Å²) in [6.45, 7) is -0.0221. The topological polar surface area (TPSA) is 9.23 Å². The molecule has 0 aliphatic rings. The van der Waals surface area contributed by atoms with E-state index in [-0.39, 0.29) is 12.2 Å². The fraction of sp³-hybridized carbons (Fsp3) is 0.333. The maximum Gasteiger partial charge on any atom is 0.416 e. The summed E-state index contributed by atoms with van der Waals surface area (Å²) in [7, 11) is 1.37. The second-order valence-corrected chi connectivity index (χ2v) is 3.98. The fourth-order valence-electron chi connectivity index (χ4n) is 1.09. The molecule has 0 N–H and O–H groups in total. The van der Waals surface area contributed by atoms with Gasteiger partial charge in [0.05, 0.1) is 12.2 Å². The Hall–Kier alpha value is -0.300. The predicted molar refractivity (Wildman–Crippen MR) is 54.9 cm³/mol. The predicted octanol–water partition coefficient (Wildman–Crippen LogP) is 3.46. The van der Waals surface area contributed by atoms with Gasteiger partial charge in [0.25, 0.3) is 0 Å². The Labute approximate surface area is 93.4 Å². The molecule has 0 heterocycles. The molecule has 0 unspecified atom stereocenters. The number of halogens is 4. The molecular formula is C9H8F3IO. The van der Waals surface area contributed by atoms with Crippen molar-refractivity contribution < 1.29 is 17.9 Å². The molecule has 0 aliphatic carbocycles. The van der Waals surface area contributed by atoms with Crippen LogP contribution in [-0.4, -0.2) is 7.11 Å². The van der Waals surface area contributed by atoms with Gasteiger partial charge in [-0.05, 0) is 40.3 Å². The quantitative estimate of drug-likeness (QED) is 0.760. The van der Waals surface area contributed by atoms with Gasteiger partial charge in [0.1, 0.15) is 0 Å². The monoisotopic (exact) mass is 316 g/mol. The van der Waals surface area contributed by atoms with Gasteiger partial charge < -0.3 is 4.74 Å². The Kier molecular flexibility index (Phi) is 3.77. The normalized spacial score (nSPS) is 11.8. The first-order valence-corrected chi connectivity index (χ1v) is 4.87. The third-order valence-corrected chi connectivity index (χ3v) is 2.35. The lowest BCUT2D eigenvalue weighted by Crippen LogP contribution is -2.10. The van der Waals surface area contributed by atoms with Crippen LogP contribution >= 0.6 is 22.6 Å². The Balaban J connectivity index is 3.16. The molecule has 0 fully saturated rings. The van der Waals surface area contributed by atoms with Crippen LogP contribution in [0.15, 0.2) is 18.2 Å². The van der Waals surface area contributed by atoms with Crippen molar-refractivity contribution in [3.63, 3.8) is 0 Å². The number of benzene rings is 1. The van der Waals surface area contributed by atoms with Gasteiger partial charge in [-0.25, -0.2) is 0 Å². The number of rotatable bonds is 2. The van der Waals surface area contributed by atoms with Gasteiger partial charge in [-0.15, -0.1) is 0 Å². The zero-order chi connectivity index (χ0) is 10.8. The van der Waals surface area contributed by atoms with E-state index < -0.39 is 11.7 Å². The Morgan fingerprint density at radius 1 is 1.36 bits per heavy atom. The van der Waals surface area contributed by atoms with Crippen molar-refractivity contribution in [1.82, 2.24) is 0 Å². The van der Waals surface area contributed by atoms with Crippen LogP contribution in [0.4, 0.5) is 13.2 Å². The van der Waals surface area contributed by atoms with E-state index in [1.54, 1.807) is 6.07 Å². The third-order valence-electron chi connectivity index (χ3n) is 1.68. The number of methoxy groups -OCH3 is 1. The summed E-state index contributed by atoms with van der Waals surface area (Å²) in [5.41, 5.74) is -0.452. The van der Waals surface area contributed by atoms with E-state index in [0.717, 1.165) is 6.07 Å². The largest absolute Gasteiger partial charge is 0.416 e. The number of hydrogen-bond acceptors (Lipinski definition) is 1. The highest BCUT2D eigenvalue weighted by Crippen LogP contribution is 2.33. The molecule has 0 aromatic heterocycles. The summed E-state index contributed by atoms with van der Waals surface area (Å²) in [6, 6.07) is 4.19. The first-order valence-electron chi connectivity index (χ1n) is 3.79. The molecule has 0 amide bonds. The van der Waals surface area contributed by atoms with Crippen molar-refractivity contribution in [1.29, 1.82) is 0 Å². The van der Waals surface area contributed by atoms with Gasteiger partial charge in [0.15, 0.2) is 0 Å². The molecule has 1 aromatic carbocycles. The van der Waals surface area contributed by atoms with Gasteiger partial charge in [-0.2, -0.15) is 13.2 Å². The smallest absolute Gasteiger partial charge is 0.380 e. The van der Waals surface area contributed by atoms with E-state index in [2.05, 4.69) is 0 Å². The van der Waals surface area contributed by atoms with E-state index in [1.165, 1.54) is 13.2 Å². The van der Waals surface area contributed by atoms with Gasteiger partial charge in [0, 0.05) is 10.7 Å². The Morgan fingerprint density at radius 2 is 2.00 bits per heavy atom. The zero-order valence-corrected chi connectivity index (χ0v) is 9.52. The van der Waals surface area contributed by atoms with Crippen LogP contribution in [0.5, 0.6) is 0 Å². The van der Waals surface area contributed by atoms with Crippen LogP contribution in [0.3, 0.4) is 0 Å². The SMILES string of the molecule is COCc1ccc(I)cc1C(F)(F)F. The molecule has 0 saturated heterocycles. The molecule has 14 heavy (non-hydrogen) atoms. The molecule has 1 aromatic rings. The van der Waals surface area contributed by atoms with E-state index in [1.807, 2.05) is 22.6 Å². The van der Waals surface area contributed by atoms with Crippen molar-refractivity contribution in [2.24, 2.45) is 0 Å². The van der Waals surface area contributed by atoms with E-state index in [9.17, 15) is 13.2 Å². The maximum absolute atomic E-state index is 12.5. The van der Waals surface area contributed by atoms with Crippen LogP contribution in [-0.2, 0) is 17.5 Å². The average molecular weight is 316 g/mol. The van der Waals surface area contributed by atoms with Gasteiger partial charge in [-0.3, -0.25) is 0 Å². The van der Waals surface area contributed by atoms with E-state index in [4.69, 9.17) is 4.74 Å². The lowest BCUT2D eigenvalue weighted by molar-refractivity contribution is -0.138. The lowest BCUT2D eigenvalue weighted by Gasteiger charge is -2.12. The molecule has 0 radical (unpaired) electrons. The minimum Gasteiger partial charge on any atom is -0.380 e. The Morgan fingerprint density at radius 3 is 2.50 bits per heavy atom. The summed E-state index contributed by atoms with van der Waals surface area (Å²) in [4.78, 5) is 0. The summed E-state index contributed by atoms with van der Waals surface area (Å²) >= 11 is 1.85. The van der Waals surface area contributed by atoms with E-state index >= 15 is 0 Å². The molecule has 5 heteroatoms. The van der Waals surface area contributed by atoms with Crippen LogP contribution in [0, 0.1) is 3.57 Å². The molecule has 0 saturated carbocycles. The highest BCUT2D eigenvalue weighted by Gasteiger charge is 2.33. The van der Waals surface area contributed by atoms with Gasteiger partial charge in [0.2, 0.25) is 0 Å². The number of hydrogen-bond donors (Lipinski definition) is 0. The Bertz CT molecular complexity index is 322. The first-order chi connectivity index (χ1) is 6.45. The van der Waals surface area contributed by atoms with Crippen molar-refractivity contribution >= 4 is 22.6 Å². The first kappa shape index (κ1) is 11.8. The second-order valence-electron chi connectivity index (χ2n) is 2.73. The minimum atomic E-state index is -4.31. The average Bonchev–Trinajstić information content (AvgIpc) is 2.07. The lowest BCUT2D eigenvalue weighted by atomic mass is 10.1. The maximum atomic E-state index is 12.5. The van der Waals surface area contributed by atoms with E-state index in [0.29, 0.717) is 3.57 Å². The van der Waals surface area contributed by atoms with Gasteiger partial charge >= 0.3 is 6.18 Å². The van der Waals surface area contributed by atoms with Crippen LogP contribution in [0.1, 0.15) is 11.1 Å². The second kappa shape index (κ2) is 4.48. The molecule has 0 bridgehead atoms. The van der Waals surface area contributed by atoms with Crippen molar-refractivity contribution in [2.75, 3.05) is 7.11 Å². The van der Waals surface area contributed by atoms with Crippen molar-refractivity contribution in [3.8, 4) is 0 Å². The summed E-state index contributed by atoms with van der Waals surface area (Å²) in [6.07, 6.45) is -4.31.